The Hall–Kier alpha value is -3.27. The van der Waals surface area contributed by atoms with E-state index in [1.807, 2.05) is 49.3 Å². The standard InChI is InChI=1S/C22H19NO3/c1-14-4-5-16-11-17(7-6-15(16)10-14)20-13-18(22(24)26-20)12-19-8-9-21(25-19)23(2)3/h4-13H,1-3H3/b18-12-. The number of cyclic esters (lactones) is 1. The van der Waals surface area contributed by atoms with Gasteiger partial charge in [0.05, 0.1) is 5.57 Å². The first-order chi connectivity index (χ1) is 12.5. The predicted octanol–water partition coefficient (Wildman–Crippen LogP) is 4.79. The fraction of sp³-hybridized carbons (Fsp3) is 0.136. The van der Waals surface area contributed by atoms with Crippen LogP contribution in [0.4, 0.5) is 5.88 Å². The molecule has 130 valence electrons. The van der Waals surface area contributed by atoms with Crippen LogP contribution in [0.15, 0.2) is 64.6 Å². The normalized spacial score (nSPS) is 15.4. The molecule has 1 aliphatic rings. The zero-order chi connectivity index (χ0) is 18.3. The quantitative estimate of drug-likeness (QED) is 0.506. The lowest BCUT2D eigenvalue weighted by atomic mass is 10.0. The van der Waals surface area contributed by atoms with Crippen molar-refractivity contribution in [2.45, 2.75) is 6.92 Å². The molecule has 0 aliphatic carbocycles. The Kier molecular flexibility index (Phi) is 3.88. The minimum Gasteiger partial charge on any atom is -0.441 e. The smallest absolute Gasteiger partial charge is 0.343 e. The van der Waals surface area contributed by atoms with E-state index in [-0.39, 0.29) is 5.97 Å². The molecule has 0 atom stereocenters. The minimum atomic E-state index is -0.369. The molecule has 0 spiro atoms. The first kappa shape index (κ1) is 16.2. The lowest BCUT2D eigenvalue weighted by molar-refractivity contribution is -0.130. The summed E-state index contributed by atoms with van der Waals surface area (Å²) in [5.74, 6) is 1.54. The van der Waals surface area contributed by atoms with Crippen LogP contribution in [0.1, 0.15) is 16.9 Å². The van der Waals surface area contributed by atoms with Crippen LogP contribution in [-0.4, -0.2) is 20.1 Å². The van der Waals surface area contributed by atoms with Gasteiger partial charge in [-0.15, -0.1) is 0 Å². The van der Waals surface area contributed by atoms with Crippen LogP contribution in [0.25, 0.3) is 22.6 Å². The van der Waals surface area contributed by atoms with E-state index in [0.717, 1.165) is 16.8 Å². The van der Waals surface area contributed by atoms with Gasteiger partial charge in [-0.2, -0.15) is 0 Å². The third kappa shape index (κ3) is 3.02. The SMILES string of the molecule is Cc1ccc2cc(C3=C/C(=C/c4ccc(N(C)C)o4)C(=O)O3)ccc2c1. The van der Waals surface area contributed by atoms with Gasteiger partial charge in [0, 0.05) is 25.7 Å². The second kappa shape index (κ2) is 6.23. The Morgan fingerprint density at radius 3 is 2.50 bits per heavy atom. The Labute approximate surface area is 152 Å². The molecule has 0 unspecified atom stereocenters. The number of carbonyl (C=O) groups is 1. The van der Waals surface area contributed by atoms with E-state index < -0.39 is 0 Å². The third-order valence-electron chi connectivity index (χ3n) is 4.36. The van der Waals surface area contributed by atoms with Gasteiger partial charge in [-0.05, 0) is 42.0 Å². The molecule has 0 bridgehead atoms. The van der Waals surface area contributed by atoms with Crippen LogP contribution in [0.5, 0.6) is 0 Å². The number of hydrogen-bond acceptors (Lipinski definition) is 4. The summed E-state index contributed by atoms with van der Waals surface area (Å²) >= 11 is 0. The second-order valence-electron chi connectivity index (χ2n) is 6.63. The van der Waals surface area contributed by atoms with Gasteiger partial charge in [-0.25, -0.2) is 4.79 Å². The number of hydrogen-bond donors (Lipinski definition) is 0. The fourth-order valence-electron chi connectivity index (χ4n) is 2.96. The molecular formula is C22H19NO3. The van der Waals surface area contributed by atoms with Crippen molar-refractivity contribution < 1.29 is 13.9 Å². The molecule has 26 heavy (non-hydrogen) atoms. The summed E-state index contributed by atoms with van der Waals surface area (Å²) in [6.07, 6.45) is 3.46. The monoisotopic (exact) mass is 345 g/mol. The van der Waals surface area contributed by atoms with Gasteiger partial charge in [-0.1, -0.05) is 35.9 Å². The largest absolute Gasteiger partial charge is 0.441 e. The van der Waals surface area contributed by atoms with Crippen molar-refractivity contribution in [3.8, 4) is 0 Å². The highest BCUT2D eigenvalue weighted by molar-refractivity contribution is 6.05. The molecule has 0 saturated carbocycles. The van der Waals surface area contributed by atoms with E-state index >= 15 is 0 Å². The van der Waals surface area contributed by atoms with E-state index in [1.54, 1.807) is 12.2 Å². The van der Waals surface area contributed by atoms with Crippen molar-refractivity contribution in [2.75, 3.05) is 19.0 Å². The lowest BCUT2D eigenvalue weighted by Gasteiger charge is -2.05. The molecule has 2 heterocycles. The van der Waals surface area contributed by atoms with Crippen LogP contribution in [0, 0.1) is 6.92 Å². The lowest BCUT2D eigenvalue weighted by Crippen LogP contribution is -2.06. The average molecular weight is 345 g/mol. The zero-order valence-corrected chi connectivity index (χ0v) is 14.9. The van der Waals surface area contributed by atoms with Crippen LogP contribution < -0.4 is 4.90 Å². The summed E-state index contributed by atoms with van der Waals surface area (Å²) in [7, 11) is 3.80. The van der Waals surface area contributed by atoms with Crippen molar-refractivity contribution in [2.24, 2.45) is 0 Å². The Morgan fingerprint density at radius 2 is 1.73 bits per heavy atom. The van der Waals surface area contributed by atoms with Gasteiger partial charge in [0.1, 0.15) is 11.5 Å². The molecule has 3 aromatic rings. The number of rotatable bonds is 3. The maximum atomic E-state index is 12.2. The summed E-state index contributed by atoms with van der Waals surface area (Å²) in [4.78, 5) is 14.1. The van der Waals surface area contributed by atoms with Crippen LogP contribution in [0.3, 0.4) is 0 Å². The van der Waals surface area contributed by atoms with Gasteiger partial charge in [0.2, 0.25) is 0 Å². The number of furan rings is 1. The summed E-state index contributed by atoms with van der Waals surface area (Å²) in [6, 6.07) is 16.0. The van der Waals surface area contributed by atoms with Crippen LogP contribution >= 0.6 is 0 Å². The second-order valence-corrected chi connectivity index (χ2v) is 6.63. The molecule has 4 nitrogen and oxygen atoms in total. The van der Waals surface area contributed by atoms with Crippen molar-refractivity contribution >= 4 is 34.5 Å². The summed E-state index contributed by atoms with van der Waals surface area (Å²) in [5, 5.41) is 2.28. The van der Waals surface area contributed by atoms with Crippen molar-refractivity contribution in [1.82, 2.24) is 0 Å². The number of aryl methyl sites for hydroxylation is 1. The number of fused-ring (bicyclic) bond motifs is 1. The Morgan fingerprint density at radius 1 is 0.962 bits per heavy atom. The molecule has 2 aromatic carbocycles. The zero-order valence-electron chi connectivity index (χ0n) is 14.9. The van der Waals surface area contributed by atoms with Crippen molar-refractivity contribution in [3.63, 3.8) is 0 Å². The highest BCUT2D eigenvalue weighted by Crippen LogP contribution is 2.30. The van der Waals surface area contributed by atoms with Gasteiger partial charge in [-0.3, -0.25) is 0 Å². The van der Waals surface area contributed by atoms with Crippen molar-refractivity contribution in [3.05, 3.63) is 77.1 Å². The average Bonchev–Trinajstić information content (AvgIpc) is 3.22. The Balaban J connectivity index is 1.67. The maximum absolute atomic E-state index is 12.2. The fourth-order valence-corrected chi connectivity index (χ4v) is 2.96. The highest BCUT2D eigenvalue weighted by Gasteiger charge is 2.22. The molecule has 0 amide bonds. The highest BCUT2D eigenvalue weighted by atomic mass is 16.5. The summed E-state index contributed by atoms with van der Waals surface area (Å²) in [6.45, 7) is 2.07. The van der Waals surface area contributed by atoms with E-state index in [2.05, 4.69) is 25.1 Å². The van der Waals surface area contributed by atoms with E-state index in [0.29, 0.717) is 17.1 Å². The van der Waals surface area contributed by atoms with Gasteiger partial charge < -0.3 is 14.1 Å². The molecule has 0 radical (unpaired) electrons. The molecule has 0 fully saturated rings. The number of nitrogens with zero attached hydrogens (tertiary/aromatic N) is 1. The maximum Gasteiger partial charge on any atom is 0.343 e. The molecule has 0 saturated heterocycles. The molecule has 0 N–H and O–H groups in total. The summed E-state index contributed by atoms with van der Waals surface area (Å²) in [5.41, 5.74) is 2.58. The number of anilines is 1. The number of esters is 1. The molecule has 4 heteroatoms. The number of benzene rings is 2. The van der Waals surface area contributed by atoms with Crippen molar-refractivity contribution in [1.29, 1.82) is 0 Å². The molecular weight excluding hydrogens is 326 g/mol. The van der Waals surface area contributed by atoms with Gasteiger partial charge in [0.15, 0.2) is 5.88 Å². The topological polar surface area (TPSA) is 42.7 Å². The van der Waals surface area contributed by atoms with Gasteiger partial charge in [0.25, 0.3) is 0 Å². The minimum absolute atomic E-state index is 0.369. The molecule has 1 aliphatic heterocycles. The van der Waals surface area contributed by atoms with Crippen LogP contribution in [-0.2, 0) is 9.53 Å². The number of carbonyl (C=O) groups excluding carboxylic acids is 1. The summed E-state index contributed by atoms with van der Waals surface area (Å²) < 4.78 is 11.1. The van der Waals surface area contributed by atoms with Crippen LogP contribution in [0.2, 0.25) is 0 Å². The first-order valence-corrected chi connectivity index (χ1v) is 8.43. The molecule has 1 aromatic heterocycles. The third-order valence-corrected chi connectivity index (χ3v) is 4.36. The Bertz CT molecular complexity index is 1070. The van der Waals surface area contributed by atoms with Gasteiger partial charge >= 0.3 is 5.97 Å². The predicted molar refractivity (Wildman–Crippen MR) is 104 cm³/mol. The van der Waals surface area contributed by atoms with E-state index in [1.165, 1.54) is 10.9 Å². The first-order valence-electron chi connectivity index (χ1n) is 8.43. The van der Waals surface area contributed by atoms with E-state index in [9.17, 15) is 4.79 Å². The number of ether oxygens (including phenoxy) is 1. The van der Waals surface area contributed by atoms with E-state index in [4.69, 9.17) is 9.15 Å². The molecule has 4 rings (SSSR count).